The van der Waals surface area contributed by atoms with Gasteiger partial charge in [-0.3, -0.25) is 9.59 Å². The molecule has 2 N–H and O–H groups in total. The number of nitrogens with one attached hydrogen (secondary N) is 2. The second-order valence-corrected chi connectivity index (χ2v) is 7.87. The summed E-state index contributed by atoms with van der Waals surface area (Å²) in [6.45, 7) is 1.64. The van der Waals surface area contributed by atoms with Crippen molar-refractivity contribution in [1.29, 1.82) is 0 Å². The van der Waals surface area contributed by atoms with Crippen LogP contribution in [0.4, 0.5) is 10.1 Å². The molecule has 1 atom stereocenters. The van der Waals surface area contributed by atoms with Crippen molar-refractivity contribution in [2.75, 3.05) is 18.0 Å². The normalized spacial score (nSPS) is 25.1. The van der Waals surface area contributed by atoms with Gasteiger partial charge in [0.25, 0.3) is 5.91 Å². The Morgan fingerprint density at radius 2 is 1.76 bits per heavy atom. The number of H-pyrrole nitrogens is 1. The minimum Gasteiger partial charge on any atom is -0.342 e. The summed E-state index contributed by atoms with van der Waals surface area (Å²) in [5.41, 5.74) is 2.47. The van der Waals surface area contributed by atoms with Gasteiger partial charge in [-0.1, -0.05) is 12.1 Å². The topological polar surface area (TPSA) is 70.5 Å². The van der Waals surface area contributed by atoms with Crippen LogP contribution in [-0.2, 0) is 9.59 Å². The van der Waals surface area contributed by atoms with Crippen molar-refractivity contribution < 1.29 is 18.9 Å². The molecule has 6 nitrogen and oxygen atoms in total. The predicted octanol–water partition coefficient (Wildman–Crippen LogP) is 1.80. The number of nitrogens with zero attached hydrogens (tertiary/aromatic N) is 2. The van der Waals surface area contributed by atoms with Crippen LogP contribution in [0.1, 0.15) is 31.0 Å². The molecule has 2 aromatic carbocycles. The Morgan fingerprint density at radius 1 is 1.03 bits per heavy atom. The Balaban J connectivity index is 1.27. The maximum absolute atomic E-state index is 13.2. The average molecular weight is 393 g/mol. The van der Waals surface area contributed by atoms with Gasteiger partial charge in [0.1, 0.15) is 11.6 Å². The zero-order valence-corrected chi connectivity index (χ0v) is 15.9. The average Bonchev–Trinajstić information content (AvgIpc) is 3.30. The molecule has 0 bridgehead atoms. The third-order valence-corrected chi connectivity index (χ3v) is 6.15. The zero-order valence-electron chi connectivity index (χ0n) is 15.9. The first-order valence-corrected chi connectivity index (χ1v) is 10.0. The zero-order chi connectivity index (χ0) is 20.0. The van der Waals surface area contributed by atoms with Gasteiger partial charge in [-0.2, -0.15) is 0 Å². The number of halogens is 1. The number of carbonyl (C=O) groups excluding carboxylic acids is 2. The highest BCUT2D eigenvalue weighted by atomic mass is 19.1. The fourth-order valence-corrected chi connectivity index (χ4v) is 4.59. The monoisotopic (exact) mass is 393 g/mol. The van der Waals surface area contributed by atoms with Gasteiger partial charge in [-0.05, 0) is 36.4 Å². The molecular formula is C22H22FN4O2+. The number of hydrogen-bond acceptors (Lipinski definition) is 3. The van der Waals surface area contributed by atoms with Crippen LogP contribution in [0.25, 0.3) is 11.0 Å². The molecule has 2 saturated heterocycles. The van der Waals surface area contributed by atoms with Crippen LogP contribution in [0.15, 0.2) is 48.5 Å². The van der Waals surface area contributed by atoms with E-state index in [4.69, 9.17) is 4.98 Å². The Morgan fingerprint density at radius 3 is 2.48 bits per heavy atom. The molecule has 3 aromatic rings. The summed E-state index contributed by atoms with van der Waals surface area (Å²) in [6, 6.07) is 13.2. The third-order valence-electron chi connectivity index (χ3n) is 6.15. The number of quaternary nitrogens is 1. The minimum absolute atomic E-state index is 0.182. The van der Waals surface area contributed by atoms with E-state index in [0.717, 1.165) is 47.7 Å². The van der Waals surface area contributed by atoms with Gasteiger partial charge >= 0.3 is 0 Å². The molecule has 1 aromatic heterocycles. The number of carbonyl (C=O) groups is 2. The molecular weight excluding hydrogens is 371 g/mol. The van der Waals surface area contributed by atoms with Crippen molar-refractivity contribution in [1.82, 2.24) is 9.97 Å². The number of hydrogen-bond donors (Lipinski definition) is 2. The Bertz CT molecular complexity index is 1040. The van der Waals surface area contributed by atoms with Crippen molar-refractivity contribution >= 4 is 28.5 Å². The molecule has 2 fully saturated rings. The lowest BCUT2D eigenvalue weighted by molar-refractivity contribution is -0.920. The summed E-state index contributed by atoms with van der Waals surface area (Å²) in [4.78, 5) is 35.9. The number of benzene rings is 2. The molecule has 7 heteroatoms. The van der Waals surface area contributed by atoms with Crippen molar-refractivity contribution in [3.63, 3.8) is 0 Å². The number of likely N-dealkylation sites (tertiary alicyclic amines) is 1. The molecule has 29 heavy (non-hydrogen) atoms. The van der Waals surface area contributed by atoms with Crippen molar-refractivity contribution in [2.24, 2.45) is 0 Å². The van der Waals surface area contributed by atoms with Crippen molar-refractivity contribution in [2.45, 2.75) is 31.2 Å². The van der Waals surface area contributed by atoms with Gasteiger partial charge in [-0.15, -0.1) is 0 Å². The highest BCUT2D eigenvalue weighted by Crippen LogP contribution is 2.26. The number of aromatic amines is 1. The lowest BCUT2D eigenvalue weighted by Gasteiger charge is -2.31. The van der Waals surface area contributed by atoms with Crippen LogP contribution in [-0.4, -0.2) is 40.9 Å². The number of amides is 2. The van der Waals surface area contributed by atoms with E-state index in [-0.39, 0.29) is 30.1 Å². The van der Waals surface area contributed by atoms with Crippen LogP contribution in [0.3, 0.4) is 0 Å². The van der Waals surface area contributed by atoms with E-state index < -0.39 is 0 Å². The van der Waals surface area contributed by atoms with Crippen LogP contribution < -0.4 is 9.80 Å². The number of anilines is 1. The van der Waals surface area contributed by atoms with Gasteiger partial charge in [0, 0.05) is 18.8 Å². The van der Waals surface area contributed by atoms with Crippen LogP contribution in [0.2, 0.25) is 0 Å². The molecule has 148 valence electrons. The summed E-state index contributed by atoms with van der Waals surface area (Å²) >= 11 is 0. The molecule has 0 radical (unpaired) electrons. The third kappa shape index (κ3) is 3.21. The van der Waals surface area contributed by atoms with E-state index in [2.05, 4.69) is 4.98 Å². The van der Waals surface area contributed by atoms with E-state index >= 15 is 0 Å². The first-order valence-electron chi connectivity index (χ1n) is 10.0. The van der Waals surface area contributed by atoms with Crippen LogP contribution >= 0.6 is 0 Å². The highest BCUT2D eigenvalue weighted by Gasteiger charge is 2.46. The van der Waals surface area contributed by atoms with E-state index in [0.29, 0.717) is 11.6 Å². The lowest BCUT2D eigenvalue weighted by Crippen LogP contribution is -3.17. The molecule has 2 amide bonds. The fourth-order valence-electron chi connectivity index (χ4n) is 4.59. The summed E-state index contributed by atoms with van der Waals surface area (Å²) in [5, 5.41) is 0. The lowest BCUT2D eigenvalue weighted by atomic mass is 9.95. The smallest absolute Gasteiger partial charge is 0.292 e. The number of imidazole rings is 1. The maximum Gasteiger partial charge on any atom is 0.292 e. The number of fused-ring (bicyclic) bond motifs is 1. The van der Waals surface area contributed by atoms with Gasteiger partial charge in [0.2, 0.25) is 5.91 Å². The molecule has 0 spiro atoms. The standard InChI is InChI=1S/C22H21FN4O2/c23-15-5-7-16(8-6-15)27-20(28)13-19(22(27)29)26-11-9-14(10-12-26)21-24-17-3-1-2-4-18(17)25-21/h1-8,14,19H,9-13H2,(H,24,25)/p+1/t19-/m1/s1. The van der Waals surface area contributed by atoms with Gasteiger partial charge in [0.05, 0.1) is 36.2 Å². The second kappa shape index (κ2) is 7.08. The van der Waals surface area contributed by atoms with E-state index in [9.17, 15) is 14.0 Å². The van der Waals surface area contributed by atoms with E-state index in [1.807, 2.05) is 24.3 Å². The first kappa shape index (κ1) is 18.0. The molecule has 0 aliphatic carbocycles. The molecule has 2 aliphatic rings. The number of aromatic nitrogens is 2. The van der Waals surface area contributed by atoms with Crippen LogP contribution in [0.5, 0.6) is 0 Å². The summed E-state index contributed by atoms with van der Waals surface area (Å²) in [6.07, 6.45) is 2.05. The molecule has 2 aliphatic heterocycles. The van der Waals surface area contributed by atoms with Crippen molar-refractivity contribution in [3.05, 3.63) is 60.2 Å². The van der Waals surface area contributed by atoms with E-state index in [1.165, 1.54) is 29.2 Å². The van der Waals surface area contributed by atoms with Gasteiger partial charge < -0.3 is 9.88 Å². The maximum atomic E-state index is 13.2. The summed E-state index contributed by atoms with van der Waals surface area (Å²) in [5.74, 6) is 0.568. The second-order valence-electron chi connectivity index (χ2n) is 7.87. The number of imide groups is 1. The first-order chi connectivity index (χ1) is 14.1. The van der Waals surface area contributed by atoms with Gasteiger partial charge in [0.15, 0.2) is 6.04 Å². The molecule has 3 heterocycles. The summed E-state index contributed by atoms with van der Waals surface area (Å²) in [7, 11) is 0. The minimum atomic E-state index is -0.386. The summed E-state index contributed by atoms with van der Waals surface area (Å²) < 4.78 is 13.2. The quantitative estimate of drug-likeness (QED) is 0.667. The highest BCUT2D eigenvalue weighted by molar-refractivity contribution is 6.21. The Labute approximate surface area is 167 Å². The fraction of sp³-hybridized carbons (Fsp3) is 0.318. The van der Waals surface area contributed by atoms with Crippen LogP contribution in [0, 0.1) is 5.82 Å². The Kier molecular flexibility index (Phi) is 4.39. The van der Waals surface area contributed by atoms with Gasteiger partial charge in [-0.25, -0.2) is 14.3 Å². The number of rotatable bonds is 3. The largest absolute Gasteiger partial charge is 0.342 e. The number of para-hydroxylation sites is 2. The molecule has 0 unspecified atom stereocenters. The van der Waals surface area contributed by atoms with E-state index in [1.54, 1.807) is 0 Å². The Hall–Kier alpha value is -3.06. The molecule has 0 saturated carbocycles. The number of piperidine rings is 1. The molecule has 5 rings (SSSR count). The predicted molar refractivity (Wildman–Crippen MR) is 106 cm³/mol. The van der Waals surface area contributed by atoms with Crippen molar-refractivity contribution in [3.8, 4) is 0 Å². The SMILES string of the molecule is O=C1C[C@@H]([NH+]2CCC(c3nc4ccccc4[nH]3)CC2)C(=O)N1c1ccc(F)cc1.